The van der Waals surface area contributed by atoms with Gasteiger partial charge in [-0.3, -0.25) is 4.68 Å². The monoisotopic (exact) mass is 216 g/mol. The van der Waals surface area contributed by atoms with Crippen molar-refractivity contribution in [1.82, 2.24) is 15.0 Å². The number of aromatic nitrogens is 3. The first-order valence-electron chi connectivity index (χ1n) is 5.51. The second-order valence-corrected chi connectivity index (χ2v) is 3.77. The first-order chi connectivity index (χ1) is 7.88. The Kier molecular flexibility index (Phi) is 3.66. The van der Waals surface area contributed by atoms with Crippen molar-refractivity contribution < 1.29 is 0 Å². The van der Waals surface area contributed by atoms with Crippen molar-refractivity contribution in [3.63, 3.8) is 0 Å². The van der Waals surface area contributed by atoms with Crippen molar-refractivity contribution in [1.29, 1.82) is 0 Å². The fourth-order valence-electron chi connectivity index (χ4n) is 1.63. The lowest BCUT2D eigenvalue weighted by Gasteiger charge is -2.01. The molecule has 1 aromatic carbocycles. The molecule has 1 heterocycles. The van der Waals surface area contributed by atoms with E-state index >= 15 is 0 Å². The van der Waals surface area contributed by atoms with Crippen LogP contribution < -0.4 is 5.73 Å². The zero-order valence-electron chi connectivity index (χ0n) is 9.21. The molecule has 0 fully saturated rings. The summed E-state index contributed by atoms with van der Waals surface area (Å²) >= 11 is 0. The van der Waals surface area contributed by atoms with E-state index in [2.05, 4.69) is 34.6 Å². The van der Waals surface area contributed by atoms with Crippen LogP contribution in [0.15, 0.2) is 36.5 Å². The molecule has 2 rings (SSSR count). The lowest BCUT2D eigenvalue weighted by Crippen LogP contribution is -2.00. The summed E-state index contributed by atoms with van der Waals surface area (Å²) in [6, 6.07) is 10.5. The Labute approximate surface area is 95.1 Å². The number of nitrogens with zero attached hydrogens (tertiary/aromatic N) is 3. The third-order valence-corrected chi connectivity index (χ3v) is 2.49. The van der Waals surface area contributed by atoms with Crippen molar-refractivity contribution in [3.8, 4) is 0 Å². The van der Waals surface area contributed by atoms with E-state index in [-0.39, 0.29) is 0 Å². The highest BCUT2D eigenvalue weighted by Crippen LogP contribution is 2.03. The molecule has 0 bridgehead atoms. The average Bonchev–Trinajstić information content (AvgIpc) is 2.78. The number of nitrogens with two attached hydrogens (primary N) is 1. The summed E-state index contributed by atoms with van der Waals surface area (Å²) in [7, 11) is 0. The SMILES string of the molecule is NCc1cn(CCCc2ccccc2)nn1. The van der Waals surface area contributed by atoms with Crippen LogP contribution in [0.1, 0.15) is 17.7 Å². The van der Waals surface area contributed by atoms with Crippen molar-refractivity contribution in [3.05, 3.63) is 47.8 Å². The first-order valence-corrected chi connectivity index (χ1v) is 5.51. The largest absolute Gasteiger partial charge is 0.325 e. The van der Waals surface area contributed by atoms with Gasteiger partial charge in [0.25, 0.3) is 0 Å². The zero-order chi connectivity index (χ0) is 11.2. The van der Waals surface area contributed by atoms with Gasteiger partial charge in [0.15, 0.2) is 0 Å². The van der Waals surface area contributed by atoms with E-state index in [1.54, 1.807) is 0 Å². The summed E-state index contributed by atoms with van der Waals surface area (Å²) in [6.45, 7) is 1.35. The lowest BCUT2D eigenvalue weighted by atomic mass is 10.1. The maximum absolute atomic E-state index is 5.47. The highest BCUT2D eigenvalue weighted by molar-refractivity contribution is 5.14. The summed E-state index contributed by atoms with van der Waals surface area (Å²) in [4.78, 5) is 0. The predicted molar refractivity (Wildman–Crippen MR) is 62.7 cm³/mol. The first kappa shape index (κ1) is 10.8. The molecule has 0 spiro atoms. The molecule has 84 valence electrons. The second-order valence-electron chi connectivity index (χ2n) is 3.77. The molecule has 0 saturated heterocycles. The molecular formula is C12H16N4. The highest BCUT2D eigenvalue weighted by atomic mass is 15.4. The van der Waals surface area contributed by atoms with Gasteiger partial charge in [0.2, 0.25) is 0 Å². The van der Waals surface area contributed by atoms with Crippen LogP contribution in [0.5, 0.6) is 0 Å². The van der Waals surface area contributed by atoms with Crippen molar-refractivity contribution in [2.45, 2.75) is 25.9 Å². The van der Waals surface area contributed by atoms with Gasteiger partial charge in [0.05, 0.1) is 5.69 Å². The van der Waals surface area contributed by atoms with Crippen molar-refractivity contribution >= 4 is 0 Å². The number of aryl methyl sites for hydroxylation is 2. The fourth-order valence-corrected chi connectivity index (χ4v) is 1.63. The van der Waals surface area contributed by atoms with Crippen LogP contribution in [-0.4, -0.2) is 15.0 Å². The minimum Gasteiger partial charge on any atom is -0.325 e. The standard InChI is InChI=1S/C12H16N4/c13-9-12-10-16(15-14-12)8-4-7-11-5-2-1-3-6-11/h1-3,5-6,10H,4,7-9,13H2. The molecule has 1 aromatic heterocycles. The predicted octanol–water partition coefficient (Wildman–Crippen LogP) is 1.37. The number of rotatable bonds is 5. The average molecular weight is 216 g/mol. The smallest absolute Gasteiger partial charge is 0.0962 e. The normalized spacial score (nSPS) is 10.6. The van der Waals surface area contributed by atoms with Gasteiger partial charge in [0, 0.05) is 19.3 Å². The maximum atomic E-state index is 5.47. The van der Waals surface area contributed by atoms with Crippen LogP contribution in [0.25, 0.3) is 0 Å². The number of hydrogen-bond donors (Lipinski definition) is 1. The summed E-state index contributed by atoms with van der Waals surface area (Å²) in [5.41, 5.74) is 7.68. The Hall–Kier alpha value is -1.68. The highest BCUT2D eigenvalue weighted by Gasteiger charge is 1.98. The van der Waals surface area contributed by atoms with Crippen LogP contribution in [0.2, 0.25) is 0 Å². The molecule has 2 N–H and O–H groups in total. The van der Waals surface area contributed by atoms with E-state index in [0.717, 1.165) is 25.1 Å². The minimum atomic E-state index is 0.457. The molecule has 0 aliphatic heterocycles. The third-order valence-electron chi connectivity index (χ3n) is 2.49. The molecule has 0 radical (unpaired) electrons. The van der Waals surface area contributed by atoms with E-state index in [1.165, 1.54) is 5.56 Å². The third kappa shape index (κ3) is 2.90. The zero-order valence-corrected chi connectivity index (χ0v) is 9.21. The van der Waals surface area contributed by atoms with Gasteiger partial charge in [-0.05, 0) is 18.4 Å². The Morgan fingerprint density at radius 3 is 2.69 bits per heavy atom. The fraction of sp³-hybridized carbons (Fsp3) is 0.333. The molecule has 0 unspecified atom stereocenters. The van der Waals surface area contributed by atoms with Gasteiger partial charge in [-0.25, -0.2) is 0 Å². The molecule has 0 aliphatic carbocycles. The summed E-state index contributed by atoms with van der Waals surface area (Å²) in [6.07, 6.45) is 4.04. The van der Waals surface area contributed by atoms with Crippen LogP contribution in [0.3, 0.4) is 0 Å². The van der Waals surface area contributed by atoms with Gasteiger partial charge in [0.1, 0.15) is 0 Å². The van der Waals surface area contributed by atoms with Crippen LogP contribution in [-0.2, 0) is 19.5 Å². The Bertz CT molecular complexity index is 422. The molecule has 0 amide bonds. The van der Waals surface area contributed by atoms with Crippen molar-refractivity contribution in [2.24, 2.45) is 5.73 Å². The van der Waals surface area contributed by atoms with Crippen LogP contribution in [0.4, 0.5) is 0 Å². The number of hydrogen-bond acceptors (Lipinski definition) is 3. The summed E-state index contributed by atoms with van der Waals surface area (Å²) < 4.78 is 1.85. The Morgan fingerprint density at radius 2 is 2.00 bits per heavy atom. The molecule has 2 aromatic rings. The summed E-state index contributed by atoms with van der Waals surface area (Å²) in [5, 5.41) is 7.95. The second kappa shape index (κ2) is 5.42. The molecule has 0 aliphatic rings. The van der Waals surface area contributed by atoms with Crippen LogP contribution in [0, 0.1) is 0 Å². The van der Waals surface area contributed by atoms with Gasteiger partial charge in [-0.15, -0.1) is 5.10 Å². The lowest BCUT2D eigenvalue weighted by molar-refractivity contribution is 0.558. The Balaban J connectivity index is 1.80. The van der Waals surface area contributed by atoms with E-state index in [1.807, 2.05) is 16.9 Å². The van der Waals surface area contributed by atoms with E-state index in [4.69, 9.17) is 5.73 Å². The minimum absolute atomic E-state index is 0.457. The molecular weight excluding hydrogens is 200 g/mol. The quantitative estimate of drug-likeness (QED) is 0.821. The van der Waals surface area contributed by atoms with Gasteiger partial charge < -0.3 is 5.73 Å². The molecule has 0 saturated carbocycles. The number of benzene rings is 1. The molecule has 0 atom stereocenters. The van der Waals surface area contributed by atoms with Gasteiger partial charge >= 0.3 is 0 Å². The van der Waals surface area contributed by atoms with Gasteiger partial charge in [-0.2, -0.15) is 0 Å². The summed E-state index contributed by atoms with van der Waals surface area (Å²) in [5.74, 6) is 0. The molecule has 4 nitrogen and oxygen atoms in total. The van der Waals surface area contributed by atoms with E-state index in [9.17, 15) is 0 Å². The molecule has 4 heteroatoms. The van der Waals surface area contributed by atoms with Gasteiger partial charge in [-0.1, -0.05) is 35.5 Å². The van der Waals surface area contributed by atoms with Crippen molar-refractivity contribution in [2.75, 3.05) is 0 Å². The topological polar surface area (TPSA) is 56.7 Å². The van der Waals surface area contributed by atoms with E-state index in [0.29, 0.717) is 6.54 Å². The van der Waals surface area contributed by atoms with E-state index < -0.39 is 0 Å². The maximum Gasteiger partial charge on any atom is 0.0962 e. The van der Waals surface area contributed by atoms with Crippen LogP contribution >= 0.6 is 0 Å². The Morgan fingerprint density at radius 1 is 1.19 bits per heavy atom. The molecule has 16 heavy (non-hydrogen) atoms.